The number of aromatic nitrogens is 2. The van der Waals surface area contributed by atoms with Crippen LogP contribution in [0.25, 0.3) is 0 Å². The van der Waals surface area contributed by atoms with Gasteiger partial charge >= 0.3 is 0 Å². The van der Waals surface area contributed by atoms with Crippen LogP contribution in [0.1, 0.15) is 22.3 Å². The number of halogens is 2. The van der Waals surface area contributed by atoms with Gasteiger partial charge in [-0.3, -0.25) is 0 Å². The van der Waals surface area contributed by atoms with Crippen molar-refractivity contribution in [1.82, 2.24) is 9.97 Å². The third kappa shape index (κ3) is 2.34. The van der Waals surface area contributed by atoms with Crippen LogP contribution in [0.3, 0.4) is 0 Å². The van der Waals surface area contributed by atoms with Crippen molar-refractivity contribution in [2.45, 2.75) is 12.3 Å². The molecule has 2 rings (SSSR count). The second-order valence-corrected chi connectivity index (χ2v) is 4.23. The van der Waals surface area contributed by atoms with Gasteiger partial charge in [0.25, 0.3) is 0 Å². The molecule has 0 aliphatic heterocycles. The van der Waals surface area contributed by atoms with Crippen LogP contribution in [0.4, 0.5) is 0 Å². The number of hydrogen-bond acceptors (Lipinski definition) is 2. The Morgan fingerprint density at radius 1 is 1.19 bits per heavy atom. The molecule has 2 aromatic rings. The minimum absolute atomic E-state index is 0.311. The van der Waals surface area contributed by atoms with E-state index in [2.05, 4.69) is 9.97 Å². The molecule has 4 heteroatoms. The van der Waals surface area contributed by atoms with E-state index >= 15 is 0 Å². The minimum atomic E-state index is -0.311. The van der Waals surface area contributed by atoms with Crippen molar-refractivity contribution in [2.24, 2.45) is 0 Å². The van der Waals surface area contributed by atoms with Gasteiger partial charge in [-0.05, 0) is 12.5 Å². The first kappa shape index (κ1) is 11.4. The predicted octanol–water partition coefficient (Wildman–Crippen LogP) is 3.77. The number of alkyl halides is 1. The van der Waals surface area contributed by atoms with E-state index in [4.69, 9.17) is 23.2 Å². The predicted molar refractivity (Wildman–Crippen MR) is 65.9 cm³/mol. The van der Waals surface area contributed by atoms with E-state index in [9.17, 15) is 0 Å². The van der Waals surface area contributed by atoms with E-state index in [0.29, 0.717) is 11.0 Å². The van der Waals surface area contributed by atoms with Gasteiger partial charge in [0.2, 0.25) is 0 Å². The standard InChI is InChI=1S/C12H10Cl2N2/c1-8-15-7-10(12(14)16-8)11(13)9-5-3-2-4-6-9/h2-7,11H,1H3. The summed E-state index contributed by atoms with van der Waals surface area (Å²) in [7, 11) is 0. The topological polar surface area (TPSA) is 25.8 Å². The highest BCUT2D eigenvalue weighted by molar-refractivity contribution is 6.32. The van der Waals surface area contributed by atoms with Crippen LogP contribution >= 0.6 is 23.2 Å². The number of benzene rings is 1. The highest BCUT2D eigenvalue weighted by atomic mass is 35.5. The molecule has 0 N–H and O–H groups in total. The monoisotopic (exact) mass is 252 g/mol. The molecule has 0 saturated heterocycles. The molecule has 16 heavy (non-hydrogen) atoms. The van der Waals surface area contributed by atoms with E-state index in [1.54, 1.807) is 13.1 Å². The van der Waals surface area contributed by atoms with Crippen molar-refractivity contribution in [3.05, 3.63) is 58.6 Å². The first-order valence-corrected chi connectivity index (χ1v) is 5.68. The van der Waals surface area contributed by atoms with Gasteiger partial charge in [-0.15, -0.1) is 11.6 Å². The second kappa shape index (κ2) is 4.81. The molecule has 1 unspecified atom stereocenters. The fourth-order valence-corrected chi connectivity index (χ4v) is 2.06. The Bertz CT molecular complexity index is 486. The molecule has 0 aliphatic rings. The smallest absolute Gasteiger partial charge is 0.137 e. The van der Waals surface area contributed by atoms with Crippen LogP contribution in [-0.2, 0) is 0 Å². The van der Waals surface area contributed by atoms with Crippen molar-refractivity contribution in [1.29, 1.82) is 0 Å². The van der Waals surface area contributed by atoms with E-state index in [1.165, 1.54) is 0 Å². The van der Waals surface area contributed by atoms with Crippen molar-refractivity contribution < 1.29 is 0 Å². The summed E-state index contributed by atoms with van der Waals surface area (Å²) in [6, 6.07) is 9.73. The van der Waals surface area contributed by atoms with E-state index in [1.807, 2.05) is 30.3 Å². The minimum Gasteiger partial charge on any atom is -0.241 e. The van der Waals surface area contributed by atoms with Crippen molar-refractivity contribution in [3.63, 3.8) is 0 Å². The number of rotatable bonds is 2. The van der Waals surface area contributed by atoms with Crippen molar-refractivity contribution in [3.8, 4) is 0 Å². The maximum atomic E-state index is 6.32. The summed E-state index contributed by atoms with van der Waals surface area (Å²) in [5, 5.41) is 0.102. The largest absolute Gasteiger partial charge is 0.241 e. The second-order valence-electron chi connectivity index (χ2n) is 3.44. The molecule has 82 valence electrons. The summed E-state index contributed by atoms with van der Waals surface area (Å²) < 4.78 is 0. The molecule has 1 aromatic heterocycles. The Labute approximate surface area is 104 Å². The van der Waals surface area contributed by atoms with Crippen LogP contribution in [0.2, 0.25) is 5.15 Å². The molecule has 2 nitrogen and oxygen atoms in total. The summed E-state index contributed by atoms with van der Waals surface area (Å²) in [5.74, 6) is 0.644. The number of hydrogen-bond donors (Lipinski definition) is 0. The van der Waals surface area contributed by atoms with Gasteiger partial charge in [-0.1, -0.05) is 41.9 Å². The summed E-state index contributed by atoms with van der Waals surface area (Å²) in [6.45, 7) is 1.79. The zero-order chi connectivity index (χ0) is 11.5. The number of aryl methyl sites for hydroxylation is 1. The molecule has 1 aromatic carbocycles. The van der Waals surface area contributed by atoms with Gasteiger partial charge in [-0.2, -0.15) is 0 Å². The average Bonchev–Trinajstić information content (AvgIpc) is 2.29. The zero-order valence-corrected chi connectivity index (χ0v) is 10.2. The van der Waals surface area contributed by atoms with Gasteiger partial charge in [0.05, 0.1) is 5.38 Å². The summed E-state index contributed by atoms with van der Waals surface area (Å²) in [6.07, 6.45) is 1.68. The third-order valence-corrected chi connectivity index (χ3v) is 3.04. The molecular weight excluding hydrogens is 243 g/mol. The van der Waals surface area contributed by atoms with Crippen LogP contribution in [0.5, 0.6) is 0 Å². The van der Waals surface area contributed by atoms with E-state index in [-0.39, 0.29) is 5.38 Å². The lowest BCUT2D eigenvalue weighted by atomic mass is 10.1. The van der Waals surface area contributed by atoms with Gasteiger partial charge in [0, 0.05) is 11.8 Å². The maximum absolute atomic E-state index is 6.32. The first-order chi connectivity index (χ1) is 7.68. The van der Waals surface area contributed by atoms with Gasteiger partial charge in [-0.25, -0.2) is 9.97 Å². The molecule has 0 fully saturated rings. The fourth-order valence-electron chi connectivity index (χ4n) is 1.42. The summed E-state index contributed by atoms with van der Waals surface area (Å²) >= 11 is 12.4. The van der Waals surface area contributed by atoms with E-state index in [0.717, 1.165) is 11.1 Å². The van der Waals surface area contributed by atoms with Crippen molar-refractivity contribution >= 4 is 23.2 Å². The third-order valence-electron chi connectivity index (χ3n) is 2.25. The molecule has 0 spiro atoms. The summed E-state index contributed by atoms with van der Waals surface area (Å²) in [4.78, 5) is 8.20. The van der Waals surface area contributed by atoms with Gasteiger partial charge in [0.15, 0.2) is 0 Å². The Balaban J connectivity index is 2.38. The Morgan fingerprint density at radius 3 is 2.50 bits per heavy atom. The van der Waals surface area contributed by atoms with Gasteiger partial charge < -0.3 is 0 Å². The fraction of sp³-hybridized carbons (Fsp3) is 0.167. The highest BCUT2D eigenvalue weighted by Gasteiger charge is 2.15. The number of nitrogens with zero attached hydrogens (tertiary/aromatic N) is 2. The van der Waals surface area contributed by atoms with Crippen LogP contribution in [0, 0.1) is 6.92 Å². The lowest BCUT2D eigenvalue weighted by Gasteiger charge is -2.11. The van der Waals surface area contributed by atoms with Crippen LogP contribution < -0.4 is 0 Å². The normalized spacial score (nSPS) is 12.4. The molecule has 0 saturated carbocycles. The van der Waals surface area contributed by atoms with Gasteiger partial charge in [0.1, 0.15) is 11.0 Å². The quantitative estimate of drug-likeness (QED) is 0.601. The molecular formula is C12H10Cl2N2. The SMILES string of the molecule is Cc1ncc(C(Cl)c2ccccc2)c(Cl)n1. The maximum Gasteiger partial charge on any atom is 0.137 e. The lowest BCUT2D eigenvalue weighted by Crippen LogP contribution is -1.98. The molecule has 0 aliphatic carbocycles. The Hall–Kier alpha value is -1.12. The zero-order valence-electron chi connectivity index (χ0n) is 8.69. The van der Waals surface area contributed by atoms with E-state index < -0.39 is 0 Å². The highest BCUT2D eigenvalue weighted by Crippen LogP contribution is 2.31. The Kier molecular flexibility index (Phi) is 3.42. The summed E-state index contributed by atoms with van der Waals surface area (Å²) in [5.41, 5.74) is 1.72. The Morgan fingerprint density at radius 2 is 1.88 bits per heavy atom. The van der Waals surface area contributed by atoms with Crippen LogP contribution in [0.15, 0.2) is 36.5 Å². The molecule has 0 radical (unpaired) electrons. The average molecular weight is 253 g/mol. The lowest BCUT2D eigenvalue weighted by molar-refractivity contribution is 0.991. The molecule has 1 atom stereocenters. The molecule has 0 bridgehead atoms. The van der Waals surface area contributed by atoms with Crippen molar-refractivity contribution in [2.75, 3.05) is 0 Å². The molecule has 1 heterocycles. The molecule has 0 amide bonds. The van der Waals surface area contributed by atoms with Crippen LogP contribution in [-0.4, -0.2) is 9.97 Å². The first-order valence-electron chi connectivity index (χ1n) is 4.86.